The van der Waals surface area contributed by atoms with Crippen molar-refractivity contribution in [3.05, 3.63) is 0 Å². The van der Waals surface area contributed by atoms with Crippen LogP contribution in [0.2, 0.25) is 0 Å². The SMILES string of the molecule is CCCCCCC(CC)(CC)NCC. The van der Waals surface area contributed by atoms with E-state index >= 15 is 0 Å². The molecule has 0 aromatic carbocycles. The maximum Gasteiger partial charge on any atom is 0.0176 e. The van der Waals surface area contributed by atoms with Crippen molar-refractivity contribution in [2.75, 3.05) is 6.54 Å². The van der Waals surface area contributed by atoms with Crippen molar-refractivity contribution in [3.63, 3.8) is 0 Å². The molecule has 0 saturated carbocycles. The van der Waals surface area contributed by atoms with Gasteiger partial charge >= 0.3 is 0 Å². The highest BCUT2D eigenvalue weighted by atomic mass is 15.0. The first kappa shape index (κ1) is 14.0. The van der Waals surface area contributed by atoms with E-state index in [9.17, 15) is 0 Å². The van der Waals surface area contributed by atoms with Crippen LogP contribution in [-0.2, 0) is 0 Å². The number of hydrogen-bond donors (Lipinski definition) is 1. The molecular formula is C13H29N. The maximum atomic E-state index is 3.67. The van der Waals surface area contributed by atoms with E-state index in [0.717, 1.165) is 6.54 Å². The van der Waals surface area contributed by atoms with Crippen molar-refractivity contribution in [2.24, 2.45) is 0 Å². The molecule has 0 aliphatic heterocycles. The summed E-state index contributed by atoms with van der Waals surface area (Å²) in [5.41, 5.74) is 0.433. The molecule has 0 bridgehead atoms. The van der Waals surface area contributed by atoms with Gasteiger partial charge in [0.15, 0.2) is 0 Å². The van der Waals surface area contributed by atoms with Gasteiger partial charge in [0.25, 0.3) is 0 Å². The summed E-state index contributed by atoms with van der Waals surface area (Å²) in [4.78, 5) is 0. The van der Waals surface area contributed by atoms with E-state index in [2.05, 4.69) is 33.0 Å². The van der Waals surface area contributed by atoms with Crippen molar-refractivity contribution in [1.29, 1.82) is 0 Å². The Morgan fingerprint density at radius 3 is 1.93 bits per heavy atom. The monoisotopic (exact) mass is 199 g/mol. The van der Waals surface area contributed by atoms with Crippen LogP contribution in [0.5, 0.6) is 0 Å². The minimum atomic E-state index is 0.433. The third-order valence-corrected chi connectivity index (χ3v) is 3.41. The third kappa shape index (κ3) is 4.99. The number of unbranched alkanes of at least 4 members (excludes halogenated alkanes) is 3. The number of nitrogens with one attached hydrogen (secondary N) is 1. The standard InChI is InChI=1S/C13H29N/c1-5-9-10-11-12-13(6-2,7-3)14-8-4/h14H,5-12H2,1-4H3. The molecule has 0 aliphatic carbocycles. The summed E-state index contributed by atoms with van der Waals surface area (Å²) in [6.45, 7) is 10.2. The van der Waals surface area contributed by atoms with E-state index in [-0.39, 0.29) is 0 Å². The molecule has 0 atom stereocenters. The lowest BCUT2D eigenvalue weighted by Crippen LogP contribution is -2.43. The van der Waals surface area contributed by atoms with Crippen molar-refractivity contribution in [1.82, 2.24) is 5.32 Å². The van der Waals surface area contributed by atoms with Crippen LogP contribution >= 0.6 is 0 Å². The van der Waals surface area contributed by atoms with E-state index in [1.54, 1.807) is 0 Å². The third-order valence-electron chi connectivity index (χ3n) is 3.41. The highest BCUT2D eigenvalue weighted by molar-refractivity contribution is 4.84. The molecule has 1 N–H and O–H groups in total. The first-order chi connectivity index (χ1) is 6.74. The predicted molar refractivity (Wildman–Crippen MR) is 65.7 cm³/mol. The average Bonchev–Trinajstić information content (AvgIpc) is 2.23. The van der Waals surface area contributed by atoms with Crippen LogP contribution in [0, 0.1) is 0 Å². The second-order valence-electron chi connectivity index (χ2n) is 4.33. The Balaban J connectivity index is 3.82. The minimum Gasteiger partial charge on any atom is -0.312 e. The Morgan fingerprint density at radius 1 is 0.857 bits per heavy atom. The zero-order chi connectivity index (χ0) is 10.9. The van der Waals surface area contributed by atoms with E-state index in [1.165, 1.54) is 44.9 Å². The molecule has 0 saturated heterocycles. The highest BCUT2D eigenvalue weighted by Gasteiger charge is 2.23. The summed E-state index contributed by atoms with van der Waals surface area (Å²) >= 11 is 0. The molecule has 0 rings (SSSR count). The van der Waals surface area contributed by atoms with Crippen molar-refractivity contribution in [2.45, 2.75) is 78.2 Å². The van der Waals surface area contributed by atoms with Crippen LogP contribution in [0.4, 0.5) is 0 Å². The van der Waals surface area contributed by atoms with Gasteiger partial charge in [0.2, 0.25) is 0 Å². The van der Waals surface area contributed by atoms with Gasteiger partial charge in [0.1, 0.15) is 0 Å². The summed E-state index contributed by atoms with van der Waals surface area (Å²) in [5.74, 6) is 0. The molecule has 0 aliphatic rings. The van der Waals surface area contributed by atoms with Gasteiger partial charge < -0.3 is 5.32 Å². The van der Waals surface area contributed by atoms with Crippen LogP contribution in [0.1, 0.15) is 72.6 Å². The van der Waals surface area contributed by atoms with Crippen LogP contribution < -0.4 is 5.32 Å². The molecule has 14 heavy (non-hydrogen) atoms. The molecule has 0 amide bonds. The fourth-order valence-electron chi connectivity index (χ4n) is 2.21. The summed E-state index contributed by atoms with van der Waals surface area (Å²) in [6, 6.07) is 0. The lowest BCUT2D eigenvalue weighted by Gasteiger charge is -2.33. The molecule has 0 spiro atoms. The van der Waals surface area contributed by atoms with Crippen molar-refractivity contribution >= 4 is 0 Å². The van der Waals surface area contributed by atoms with Crippen LogP contribution in [0.3, 0.4) is 0 Å². The molecule has 1 heteroatoms. The van der Waals surface area contributed by atoms with Gasteiger partial charge in [-0.1, -0.05) is 53.4 Å². The minimum absolute atomic E-state index is 0.433. The first-order valence-electron chi connectivity index (χ1n) is 6.49. The fourth-order valence-corrected chi connectivity index (χ4v) is 2.21. The second kappa shape index (κ2) is 8.28. The smallest absolute Gasteiger partial charge is 0.0176 e. The van der Waals surface area contributed by atoms with E-state index < -0.39 is 0 Å². The summed E-state index contributed by atoms with van der Waals surface area (Å²) in [6.07, 6.45) is 9.43. The average molecular weight is 199 g/mol. The van der Waals surface area contributed by atoms with Crippen LogP contribution in [0.25, 0.3) is 0 Å². The molecule has 0 unspecified atom stereocenters. The van der Waals surface area contributed by atoms with Gasteiger partial charge in [-0.05, 0) is 25.8 Å². The summed E-state index contributed by atoms with van der Waals surface area (Å²) in [7, 11) is 0. The van der Waals surface area contributed by atoms with E-state index in [1.807, 2.05) is 0 Å². The van der Waals surface area contributed by atoms with Crippen molar-refractivity contribution < 1.29 is 0 Å². The topological polar surface area (TPSA) is 12.0 Å². The Labute approximate surface area is 90.7 Å². The Morgan fingerprint density at radius 2 is 1.50 bits per heavy atom. The lowest BCUT2D eigenvalue weighted by atomic mass is 9.86. The first-order valence-corrected chi connectivity index (χ1v) is 6.49. The molecule has 86 valence electrons. The predicted octanol–water partition coefficient (Wildman–Crippen LogP) is 4.13. The molecule has 0 heterocycles. The van der Waals surface area contributed by atoms with Gasteiger partial charge in [-0.15, -0.1) is 0 Å². The largest absolute Gasteiger partial charge is 0.312 e. The fraction of sp³-hybridized carbons (Fsp3) is 1.00. The van der Waals surface area contributed by atoms with Gasteiger partial charge in [0, 0.05) is 5.54 Å². The molecule has 1 nitrogen and oxygen atoms in total. The Kier molecular flexibility index (Phi) is 8.26. The van der Waals surface area contributed by atoms with Crippen molar-refractivity contribution in [3.8, 4) is 0 Å². The van der Waals surface area contributed by atoms with Gasteiger partial charge in [-0.2, -0.15) is 0 Å². The maximum absolute atomic E-state index is 3.67. The molecule has 0 aromatic rings. The number of rotatable bonds is 9. The summed E-state index contributed by atoms with van der Waals surface area (Å²) in [5, 5.41) is 3.67. The van der Waals surface area contributed by atoms with Gasteiger partial charge in [-0.3, -0.25) is 0 Å². The second-order valence-corrected chi connectivity index (χ2v) is 4.33. The summed E-state index contributed by atoms with van der Waals surface area (Å²) < 4.78 is 0. The van der Waals surface area contributed by atoms with E-state index in [4.69, 9.17) is 0 Å². The molecular weight excluding hydrogens is 170 g/mol. The van der Waals surface area contributed by atoms with Crippen LogP contribution in [-0.4, -0.2) is 12.1 Å². The quantitative estimate of drug-likeness (QED) is 0.551. The van der Waals surface area contributed by atoms with Crippen LogP contribution in [0.15, 0.2) is 0 Å². The van der Waals surface area contributed by atoms with Gasteiger partial charge in [-0.25, -0.2) is 0 Å². The highest BCUT2D eigenvalue weighted by Crippen LogP contribution is 2.22. The Hall–Kier alpha value is -0.0400. The van der Waals surface area contributed by atoms with Gasteiger partial charge in [0.05, 0.1) is 0 Å². The number of hydrogen-bond acceptors (Lipinski definition) is 1. The Bertz CT molecular complexity index is 116. The lowest BCUT2D eigenvalue weighted by molar-refractivity contribution is 0.276. The molecule has 0 aromatic heterocycles. The zero-order valence-electron chi connectivity index (χ0n) is 10.7. The normalized spacial score (nSPS) is 12.0. The zero-order valence-corrected chi connectivity index (χ0v) is 10.7. The molecule has 0 fully saturated rings. The van der Waals surface area contributed by atoms with E-state index in [0.29, 0.717) is 5.54 Å². The molecule has 0 radical (unpaired) electrons.